The van der Waals surface area contributed by atoms with E-state index in [9.17, 15) is 14.4 Å². The number of rotatable bonds is 6. The van der Waals surface area contributed by atoms with E-state index >= 15 is 0 Å². The zero-order chi connectivity index (χ0) is 35.6. The van der Waals surface area contributed by atoms with Gasteiger partial charge in [0, 0.05) is 22.6 Å². The first-order chi connectivity index (χ1) is 25.3. The van der Waals surface area contributed by atoms with Gasteiger partial charge in [-0.15, -0.1) is 0 Å². The Labute approximate surface area is 298 Å². The average molecular weight is 685 g/mol. The molecule has 4 aromatic carbocycles. The number of amides is 1. The van der Waals surface area contributed by atoms with E-state index in [1.54, 1.807) is 12.3 Å². The predicted molar refractivity (Wildman–Crippen MR) is 199 cm³/mol. The van der Waals surface area contributed by atoms with Gasteiger partial charge in [0.15, 0.2) is 23.1 Å². The van der Waals surface area contributed by atoms with Crippen LogP contribution in [-0.2, 0) is 15.1 Å². The van der Waals surface area contributed by atoms with Crippen LogP contribution >= 0.6 is 0 Å². The molecule has 1 amide bonds. The van der Waals surface area contributed by atoms with E-state index in [0.717, 1.165) is 38.3 Å². The van der Waals surface area contributed by atoms with E-state index in [1.807, 2.05) is 127 Å². The van der Waals surface area contributed by atoms with Crippen LogP contribution in [0.2, 0.25) is 0 Å². The van der Waals surface area contributed by atoms with E-state index in [-0.39, 0.29) is 36.7 Å². The second-order valence-electron chi connectivity index (χ2n) is 13.4. The maximum Gasteiger partial charge on any atom is 0.302 e. The fraction of sp³-hybridized carbons (Fsp3) is 0.143. The Morgan fingerprint density at radius 3 is 2.37 bits per heavy atom. The lowest BCUT2D eigenvalue weighted by atomic mass is 9.73. The standard InChI is InChI=1S/C42H32N6O4/c1-25-19-32-31-20-35(49)30-16-10-9-15-28(30)29(31)17-18-33(32)42(2,39(25)51)48-24-47(34-21-43-23-44-40(34)48)22-36(50)45-41-46-37(26-11-5-3-6-12-26)38(52-41)27-13-7-4-8-14-27/h3-21,23,25H,22,24H2,1-2H3,(H,45,46,50). The van der Waals surface area contributed by atoms with Crippen molar-refractivity contribution in [3.8, 4) is 33.7 Å². The molecule has 10 heteroatoms. The number of nitrogens with one attached hydrogen (secondary N) is 1. The molecule has 0 fully saturated rings. The molecular weight excluding hydrogens is 653 g/mol. The van der Waals surface area contributed by atoms with Gasteiger partial charge in [0.2, 0.25) is 5.91 Å². The van der Waals surface area contributed by atoms with Crippen LogP contribution in [0.15, 0.2) is 114 Å². The monoisotopic (exact) mass is 684 g/mol. The maximum absolute atomic E-state index is 14.4. The van der Waals surface area contributed by atoms with E-state index < -0.39 is 11.5 Å². The van der Waals surface area contributed by atoms with Crippen molar-refractivity contribution in [2.75, 3.05) is 28.3 Å². The van der Waals surface area contributed by atoms with Crippen LogP contribution in [0.5, 0.6) is 0 Å². The van der Waals surface area contributed by atoms with Gasteiger partial charge in [0.05, 0.1) is 19.4 Å². The summed E-state index contributed by atoms with van der Waals surface area (Å²) in [7, 11) is 0. The Morgan fingerprint density at radius 1 is 0.885 bits per heavy atom. The summed E-state index contributed by atoms with van der Waals surface area (Å²) >= 11 is 0. The van der Waals surface area contributed by atoms with Crippen molar-refractivity contribution in [2.24, 2.45) is 5.92 Å². The highest BCUT2D eigenvalue weighted by Gasteiger charge is 2.50. The third kappa shape index (κ3) is 4.86. The summed E-state index contributed by atoms with van der Waals surface area (Å²) in [5.41, 5.74) is 5.02. The molecule has 0 saturated heterocycles. The van der Waals surface area contributed by atoms with E-state index in [2.05, 4.69) is 20.3 Å². The third-order valence-corrected chi connectivity index (χ3v) is 10.3. The molecule has 1 N–H and O–H groups in total. The predicted octanol–water partition coefficient (Wildman–Crippen LogP) is 5.58. The first-order valence-corrected chi connectivity index (χ1v) is 17.1. The SMILES string of the molecule is CC1C=c2c(ccc3c2=CC(=O)c2ccccc2-3)C(C)(N2CN(CC(=O)Nc3nc(-c4ccccc4)c(-c4ccccc4)o3)c3cncnc32)C1=O. The van der Waals surface area contributed by atoms with E-state index in [0.29, 0.717) is 28.5 Å². The van der Waals surface area contributed by atoms with Crippen molar-refractivity contribution in [3.05, 3.63) is 131 Å². The Kier molecular flexibility index (Phi) is 7.21. The lowest BCUT2D eigenvalue weighted by Crippen LogP contribution is -2.59. The largest absolute Gasteiger partial charge is 0.423 e. The molecule has 3 aliphatic rings. The molecule has 2 aromatic heterocycles. The highest BCUT2D eigenvalue weighted by molar-refractivity contribution is 6.22. The minimum atomic E-state index is -1.17. The molecule has 2 unspecified atom stereocenters. The molecule has 0 spiro atoms. The number of benzene rings is 4. The van der Waals surface area contributed by atoms with Gasteiger partial charge in [-0.25, -0.2) is 9.97 Å². The number of carbonyl (C=O) groups excluding carboxylic acids is 3. The summed E-state index contributed by atoms with van der Waals surface area (Å²) in [6, 6.07) is 31.0. The number of anilines is 3. The van der Waals surface area contributed by atoms with E-state index in [4.69, 9.17) is 4.42 Å². The molecule has 6 aromatic rings. The van der Waals surface area contributed by atoms with Crippen LogP contribution in [0.1, 0.15) is 29.8 Å². The topological polar surface area (TPSA) is 122 Å². The van der Waals surface area contributed by atoms with Gasteiger partial charge in [-0.2, -0.15) is 4.98 Å². The molecule has 3 heterocycles. The van der Waals surface area contributed by atoms with Gasteiger partial charge in [-0.3, -0.25) is 19.7 Å². The van der Waals surface area contributed by atoms with Gasteiger partial charge in [0.25, 0.3) is 0 Å². The number of fused-ring (bicyclic) bond motifs is 6. The van der Waals surface area contributed by atoms with E-state index in [1.165, 1.54) is 6.33 Å². The zero-order valence-electron chi connectivity index (χ0n) is 28.4. The normalized spacial score (nSPS) is 18.5. The molecule has 9 rings (SSSR count). The molecule has 2 aliphatic carbocycles. The Hall–Kier alpha value is -6.68. The van der Waals surface area contributed by atoms with Crippen LogP contribution in [0, 0.1) is 5.92 Å². The molecule has 10 nitrogen and oxygen atoms in total. The highest BCUT2D eigenvalue weighted by Crippen LogP contribution is 2.44. The van der Waals surface area contributed by atoms with Gasteiger partial charge in [-0.1, -0.05) is 110 Å². The van der Waals surface area contributed by atoms with Crippen molar-refractivity contribution >= 4 is 47.1 Å². The number of oxazole rings is 1. The Morgan fingerprint density at radius 2 is 1.60 bits per heavy atom. The van der Waals surface area contributed by atoms with Crippen LogP contribution in [0.3, 0.4) is 0 Å². The molecule has 0 bridgehead atoms. The number of Topliss-reactive ketones (excluding diaryl/α,β-unsaturated/α-hetero) is 2. The first-order valence-electron chi connectivity index (χ1n) is 17.1. The Bertz CT molecular complexity index is 2510. The van der Waals surface area contributed by atoms with Crippen LogP contribution in [-0.4, -0.2) is 45.6 Å². The fourth-order valence-electron chi connectivity index (χ4n) is 7.78. The summed E-state index contributed by atoms with van der Waals surface area (Å²) in [4.78, 5) is 58.7. The van der Waals surface area contributed by atoms with Crippen molar-refractivity contribution in [1.29, 1.82) is 0 Å². The summed E-state index contributed by atoms with van der Waals surface area (Å²) in [6.07, 6.45) is 6.75. The summed E-state index contributed by atoms with van der Waals surface area (Å²) in [5.74, 6) is 0.197. The minimum absolute atomic E-state index is 0.0139. The molecular formula is C42H32N6O4. The van der Waals surface area contributed by atoms with Crippen molar-refractivity contribution in [1.82, 2.24) is 15.0 Å². The molecule has 0 radical (unpaired) electrons. The quantitative estimate of drug-likeness (QED) is 0.240. The van der Waals surface area contributed by atoms with Gasteiger partial charge in [-0.05, 0) is 40.1 Å². The molecule has 0 saturated carbocycles. The van der Waals surface area contributed by atoms with Gasteiger partial charge >= 0.3 is 6.01 Å². The lowest BCUT2D eigenvalue weighted by molar-refractivity contribution is -0.126. The number of aromatic nitrogens is 3. The molecule has 2 atom stereocenters. The average Bonchev–Trinajstić information content (AvgIpc) is 3.77. The molecule has 1 aliphatic heterocycles. The lowest BCUT2D eigenvalue weighted by Gasteiger charge is -2.42. The van der Waals surface area contributed by atoms with Crippen molar-refractivity contribution < 1.29 is 18.8 Å². The Balaban J connectivity index is 1.05. The third-order valence-electron chi connectivity index (χ3n) is 10.3. The molecule has 52 heavy (non-hydrogen) atoms. The molecule has 254 valence electrons. The summed E-state index contributed by atoms with van der Waals surface area (Å²) < 4.78 is 6.16. The number of nitrogens with zero attached hydrogens (tertiary/aromatic N) is 5. The van der Waals surface area contributed by atoms with Crippen molar-refractivity contribution in [2.45, 2.75) is 19.4 Å². The smallest absolute Gasteiger partial charge is 0.302 e. The summed E-state index contributed by atoms with van der Waals surface area (Å²) in [6.45, 7) is 3.89. The minimum Gasteiger partial charge on any atom is -0.423 e. The second kappa shape index (κ2) is 12.0. The summed E-state index contributed by atoms with van der Waals surface area (Å²) in [5, 5.41) is 4.52. The highest BCUT2D eigenvalue weighted by atomic mass is 16.4. The van der Waals surface area contributed by atoms with Crippen molar-refractivity contribution in [3.63, 3.8) is 0 Å². The van der Waals surface area contributed by atoms with Gasteiger partial charge in [0.1, 0.15) is 23.2 Å². The second-order valence-corrected chi connectivity index (χ2v) is 13.4. The number of carbonyl (C=O) groups is 3. The number of hydrogen-bond donors (Lipinski definition) is 1. The fourth-order valence-corrected chi connectivity index (χ4v) is 7.78. The first kappa shape index (κ1) is 31.3. The van der Waals surface area contributed by atoms with Crippen LogP contribution in [0.4, 0.5) is 17.5 Å². The maximum atomic E-state index is 14.4. The number of hydrogen-bond acceptors (Lipinski definition) is 9. The van der Waals surface area contributed by atoms with Crippen LogP contribution < -0.4 is 25.6 Å². The van der Waals surface area contributed by atoms with Gasteiger partial charge < -0.3 is 14.2 Å². The zero-order valence-corrected chi connectivity index (χ0v) is 28.4. The number of ketones is 2. The van der Waals surface area contributed by atoms with Crippen LogP contribution in [0.25, 0.3) is 45.9 Å².